The summed E-state index contributed by atoms with van der Waals surface area (Å²) in [6.07, 6.45) is 0. The van der Waals surface area contributed by atoms with Crippen LogP contribution < -0.4 is 14.8 Å². The van der Waals surface area contributed by atoms with Crippen LogP contribution in [0.4, 0.5) is 0 Å². The maximum absolute atomic E-state index is 11.1. The first-order valence-electron chi connectivity index (χ1n) is 4.74. The molecule has 1 N–H and O–H groups in total. The van der Waals surface area contributed by atoms with E-state index in [4.69, 9.17) is 9.47 Å². The molecule has 16 heavy (non-hydrogen) atoms. The molecule has 1 aromatic carbocycles. The van der Waals surface area contributed by atoms with Crippen LogP contribution in [0.3, 0.4) is 0 Å². The molecule has 1 aromatic rings. The largest absolute Gasteiger partial charge is 0.493 e. The first-order chi connectivity index (χ1) is 7.71. The topological polar surface area (TPSA) is 47.6 Å². The number of amides is 1. The molecule has 0 aromatic heterocycles. The van der Waals surface area contributed by atoms with Crippen molar-refractivity contribution in [1.29, 1.82) is 0 Å². The van der Waals surface area contributed by atoms with Crippen molar-refractivity contribution in [3.63, 3.8) is 0 Å². The van der Waals surface area contributed by atoms with Gasteiger partial charge in [-0.2, -0.15) is 0 Å². The third-order valence-electron chi connectivity index (χ3n) is 2.06. The first kappa shape index (κ1) is 13.1. The van der Waals surface area contributed by atoms with Crippen molar-refractivity contribution >= 4 is 28.5 Å². The second kappa shape index (κ2) is 6.57. The van der Waals surface area contributed by atoms with Gasteiger partial charge in [0.25, 0.3) is 0 Å². The molecule has 0 heterocycles. The van der Waals surface area contributed by atoms with Gasteiger partial charge < -0.3 is 14.8 Å². The molecule has 4 nitrogen and oxygen atoms in total. The summed E-state index contributed by atoms with van der Waals surface area (Å²) in [7, 11) is 3.18. The Bertz CT molecular complexity index is 368. The number of ether oxygens (including phenoxy) is 2. The molecule has 1 rings (SSSR count). The van der Waals surface area contributed by atoms with Crippen molar-refractivity contribution in [3.05, 3.63) is 23.8 Å². The van der Waals surface area contributed by atoms with Gasteiger partial charge in [0.05, 0.1) is 18.6 Å². The monoisotopic (exact) mass is 335 g/mol. The van der Waals surface area contributed by atoms with Crippen LogP contribution in [0, 0.1) is 0 Å². The van der Waals surface area contributed by atoms with Crippen molar-refractivity contribution in [2.75, 3.05) is 18.6 Å². The molecule has 5 heteroatoms. The average Bonchev–Trinajstić information content (AvgIpc) is 2.35. The highest BCUT2D eigenvalue weighted by molar-refractivity contribution is 14.1. The van der Waals surface area contributed by atoms with E-state index in [0.29, 0.717) is 22.5 Å². The Morgan fingerprint density at radius 3 is 2.56 bits per heavy atom. The highest BCUT2D eigenvalue weighted by Gasteiger charge is 2.05. The van der Waals surface area contributed by atoms with Crippen LogP contribution in [0.1, 0.15) is 5.56 Å². The summed E-state index contributed by atoms with van der Waals surface area (Å²) in [6, 6.07) is 5.57. The number of carbonyl (C=O) groups is 1. The number of hydrogen-bond acceptors (Lipinski definition) is 3. The molecule has 0 bridgehead atoms. The van der Waals surface area contributed by atoms with E-state index in [0.717, 1.165) is 5.56 Å². The Morgan fingerprint density at radius 2 is 2.00 bits per heavy atom. The van der Waals surface area contributed by atoms with Gasteiger partial charge in [-0.05, 0) is 17.7 Å². The molecule has 0 radical (unpaired) electrons. The van der Waals surface area contributed by atoms with E-state index in [1.165, 1.54) is 0 Å². The third kappa shape index (κ3) is 3.55. The fourth-order valence-corrected chi connectivity index (χ4v) is 1.51. The van der Waals surface area contributed by atoms with E-state index in [1.807, 2.05) is 40.8 Å². The Hall–Kier alpha value is -0.980. The molecule has 0 aliphatic carbocycles. The highest BCUT2D eigenvalue weighted by atomic mass is 127. The van der Waals surface area contributed by atoms with Crippen LogP contribution in [0.5, 0.6) is 11.5 Å². The van der Waals surface area contributed by atoms with Gasteiger partial charge in [0.15, 0.2) is 11.5 Å². The number of rotatable bonds is 5. The summed E-state index contributed by atoms with van der Waals surface area (Å²) < 4.78 is 10.8. The lowest BCUT2D eigenvalue weighted by molar-refractivity contribution is -0.118. The van der Waals surface area contributed by atoms with E-state index in [1.54, 1.807) is 14.2 Å². The van der Waals surface area contributed by atoms with Crippen LogP contribution in [-0.2, 0) is 11.3 Å². The zero-order chi connectivity index (χ0) is 12.0. The van der Waals surface area contributed by atoms with Crippen molar-refractivity contribution in [3.8, 4) is 11.5 Å². The lowest BCUT2D eigenvalue weighted by atomic mass is 10.2. The second-order valence-corrected chi connectivity index (χ2v) is 3.86. The predicted molar refractivity (Wildman–Crippen MR) is 70.3 cm³/mol. The van der Waals surface area contributed by atoms with Crippen molar-refractivity contribution < 1.29 is 14.3 Å². The molecule has 0 aliphatic heterocycles. The van der Waals surface area contributed by atoms with E-state index in [9.17, 15) is 4.79 Å². The summed E-state index contributed by atoms with van der Waals surface area (Å²) >= 11 is 2.02. The Balaban J connectivity index is 2.71. The number of carbonyl (C=O) groups excluding carboxylic acids is 1. The van der Waals surface area contributed by atoms with Gasteiger partial charge >= 0.3 is 0 Å². The molecule has 0 aliphatic rings. The van der Waals surface area contributed by atoms with Crippen LogP contribution in [0.15, 0.2) is 18.2 Å². The Morgan fingerprint density at radius 1 is 1.31 bits per heavy atom. The molecule has 0 saturated heterocycles. The van der Waals surface area contributed by atoms with Crippen LogP contribution >= 0.6 is 22.6 Å². The lowest BCUT2D eigenvalue weighted by Crippen LogP contribution is -2.23. The third-order valence-corrected chi connectivity index (χ3v) is 2.75. The minimum atomic E-state index is 0.0235. The van der Waals surface area contributed by atoms with Crippen LogP contribution in [0.25, 0.3) is 0 Å². The average molecular weight is 335 g/mol. The zero-order valence-corrected chi connectivity index (χ0v) is 11.4. The van der Waals surface area contributed by atoms with E-state index >= 15 is 0 Å². The van der Waals surface area contributed by atoms with E-state index in [2.05, 4.69) is 5.32 Å². The summed E-state index contributed by atoms with van der Waals surface area (Å²) in [5.41, 5.74) is 0.982. The number of benzene rings is 1. The fourth-order valence-electron chi connectivity index (χ4n) is 1.24. The first-order valence-corrected chi connectivity index (χ1v) is 6.27. The van der Waals surface area contributed by atoms with E-state index < -0.39 is 0 Å². The SMILES string of the molecule is COc1ccc(CNC(=O)CI)cc1OC. The predicted octanol–water partition coefficient (Wildman–Crippen LogP) is 1.75. The van der Waals surface area contributed by atoms with Crippen molar-refractivity contribution in [2.24, 2.45) is 0 Å². The summed E-state index contributed by atoms with van der Waals surface area (Å²) in [4.78, 5) is 11.1. The zero-order valence-electron chi connectivity index (χ0n) is 9.25. The summed E-state index contributed by atoms with van der Waals surface area (Å²) in [6.45, 7) is 0.502. The maximum Gasteiger partial charge on any atom is 0.230 e. The van der Waals surface area contributed by atoms with Gasteiger partial charge in [0.1, 0.15) is 0 Å². The minimum Gasteiger partial charge on any atom is -0.493 e. The van der Waals surface area contributed by atoms with E-state index in [-0.39, 0.29) is 5.91 Å². The van der Waals surface area contributed by atoms with Crippen molar-refractivity contribution in [1.82, 2.24) is 5.32 Å². The molecule has 0 saturated carbocycles. The maximum atomic E-state index is 11.1. The fraction of sp³-hybridized carbons (Fsp3) is 0.364. The van der Waals surface area contributed by atoms with Gasteiger partial charge in [-0.1, -0.05) is 28.7 Å². The molecule has 0 unspecified atom stereocenters. The smallest absolute Gasteiger partial charge is 0.230 e. The molecule has 0 fully saturated rings. The molecular formula is C11H14INO3. The normalized spacial score (nSPS) is 9.69. The van der Waals surface area contributed by atoms with Gasteiger partial charge in [-0.3, -0.25) is 4.79 Å². The van der Waals surface area contributed by atoms with Crippen LogP contribution in [-0.4, -0.2) is 24.6 Å². The molecule has 0 spiro atoms. The van der Waals surface area contributed by atoms with Gasteiger partial charge in [-0.15, -0.1) is 0 Å². The molecular weight excluding hydrogens is 321 g/mol. The van der Waals surface area contributed by atoms with Gasteiger partial charge in [0.2, 0.25) is 5.91 Å². The quantitative estimate of drug-likeness (QED) is 0.659. The number of methoxy groups -OCH3 is 2. The number of hydrogen-bond donors (Lipinski definition) is 1. The Kier molecular flexibility index (Phi) is 5.37. The number of halogens is 1. The Labute approximate surface area is 108 Å². The van der Waals surface area contributed by atoms with Crippen molar-refractivity contribution in [2.45, 2.75) is 6.54 Å². The standard InChI is InChI=1S/C11H14INO3/c1-15-9-4-3-8(5-10(9)16-2)7-13-11(14)6-12/h3-5H,6-7H2,1-2H3,(H,13,14). The lowest BCUT2D eigenvalue weighted by Gasteiger charge is -2.09. The van der Waals surface area contributed by atoms with Gasteiger partial charge in [-0.25, -0.2) is 0 Å². The number of nitrogens with one attached hydrogen (secondary N) is 1. The summed E-state index contributed by atoms with van der Waals surface area (Å²) in [5, 5.41) is 2.79. The molecule has 0 atom stereocenters. The van der Waals surface area contributed by atoms with Gasteiger partial charge in [0, 0.05) is 6.54 Å². The minimum absolute atomic E-state index is 0.0235. The number of alkyl halides is 1. The molecule has 1 amide bonds. The van der Waals surface area contributed by atoms with Crippen LogP contribution in [0.2, 0.25) is 0 Å². The summed E-state index contributed by atoms with van der Waals surface area (Å²) in [5.74, 6) is 1.38. The molecule has 88 valence electrons. The second-order valence-electron chi connectivity index (χ2n) is 3.10. The highest BCUT2D eigenvalue weighted by Crippen LogP contribution is 2.27.